The molecule has 0 aliphatic carbocycles. The van der Waals surface area contributed by atoms with Crippen molar-refractivity contribution >= 4 is 51.6 Å². The standard InChI is InChI=1S/C32H29N5O4/c1-3-18-7-6-9-23-28(18)35-31(41)32(23)27-26(25(36-32)15-19-16-33-24-10-5-4-8-22(19)24)29(39)37(30(27)40)21-13-11-20(12-14-21)34-17(2)38/h4-14,16,25-27,33,36H,3,15H2,1-2H3,(H,34,38)(H,35,41)/t25-,26-,27+,32-/m1/s1. The summed E-state index contributed by atoms with van der Waals surface area (Å²) in [7, 11) is 0. The maximum Gasteiger partial charge on any atom is 0.250 e. The first kappa shape index (κ1) is 25.2. The molecule has 1 aromatic heterocycles. The van der Waals surface area contributed by atoms with Gasteiger partial charge in [0.25, 0.3) is 0 Å². The van der Waals surface area contributed by atoms with Crippen LogP contribution in [0.4, 0.5) is 17.1 Å². The maximum atomic E-state index is 14.3. The Morgan fingerprint density at radius 2 is 1.73 bits per heavy atom. The zero-order valence-electron chi connectivity index (χ0n) is 22.7. The Morgan fingerprint density at radius 3 is 2.49 bits per heavy atom. The zero-order valence-corrected chi connectivity index (χ0v) is 22.7. The summed E-state index contributed by atoms with van der Waals surface area (Å²) in [6.45, 7) is 3.44. The van der Waals surface area contributed by atoms with Gasteiger partial charge in [-0.2, -0.15) is 0 Å². The van der Waals surface area contributed by atoms with Gasteiger partial charge < -0.3 is 15.6 Å². The number of amides is 4. The van der Waals surface area contributed by atoms with Crippen LogP contribution in [0.2, 0.25) is 0 Å². The third-order valence-electron chi connectivity index (χ3n) is 8.78. The number of anilines is 3. The number of benzene rings is 3. The van der Waals surface area contributed by atoms with E-state index in [0.717, 1.165) is 27.7 Å². The van der Waals surface area contributed by atoms with Gasteiger partial charge in [-0.05, 0) is 54.3 Å². The van der Waals surface area contributed by atoms with Crippen molar-refractivity contribution in [3.05, 3.63) is 89.6 Å². The number of carbonyl (C=O) groups excluding carboxylic acids is 4. The molecule has 3 aliphatic rings. The quantitative estimate of drug-likeness (QED) is 0.283. The van der Waals surface area contributed by atoms with E-state index in [1.807, 2.05) is 55.6 Å². The third-order valence-corrected chi connectivity index (χ3v) is 8.78. The molecule has 0 bridgehead atoms. The van der Waals surface area contributed by atoms with E-state index >= 15 is 0 Å². The smallest absolute Gasteiger partial charge is 0.250 e. The molecule has 2 saturated heterocycles. The van der Waals surface area contributed by atoms with Crippen molar-refractivity contribution in [3.63, 3.8) is 0 Å². The van der Waals surface area contributed by atoms with Crippen molar-refractivity contribution in [1.82, 2.24) is 10.3 Å². The molecular formula is C32H29N5O4. The first-order valence-electron chi connectivity index (χ1n) is 13.9. The number of nitrogens with one attached hydrogen (secondary N) is 4. The highest BCUT2D eigenvalue weighted by molar-refractivity contribution is 6.26. The van der Waals surface area contributed by atoms with Crippen molar-refractivity contribution in [2.45, 2.75) is 38.3 Å². The average Bonchev–Trinajstić information content (AvgIpc) is 3.67. The second-order valence-corrected chi connectivity index (χ2v) is 11.0. The van der Waals surface area contributed by atoms with Crippen LogP contribution >= 0.6 is 0 Å². The second-order valence-electron chi connectivity index (χ2n) is 11.0. The lowest BCUT2D eigenvalue weighted by molar-refractivity contribution is -0.130. The number of fused-ring (bicyclic) bond motifs is 5. The van der Waals surface area contributed by atoms with Gasteiger partial charge >= 0.3 is 0 Å². The first-order valence-corrected chi connectivity index (χ1v) is 13.9. The molecule has 1 spiro atoms. The predicted molar refractivity (Wildman–Crippen MR) is 155 cm³/mol. The lowest BCUT2D eigenvalue weighted by Crippen LogP contribution is -2.53. The molecule has 0 unspecified atom stereocenters. The lowest BCUT2D eigenvalue weighted by atomic mass is 9.76. The number of nitrogens with zero attached hydrogens (tertiary/aromatic N) is 1. The van der Waals surface area contributed by atoms with Gasteiger partial charge in [-0.15, -0.1) is 0 Å². The van der Waals surface area contributed by atoms with E-state index < -0.39 is 29.3 Å². The Labute approximate surface area is 236 Å². The van der Waals surface area contributed by atoms with Crippen LogP contribution in [0.25, 0.3) is 10.9 Å². The first-order chi connectivity index (χ1) is 19.8. The van der Waals surface area contributed by atoms with Crippen LogP contribution in [0.3, 0.4) is 0 Å². The average molecular weight is 548 g/mol. The van der Waals surface area contributed by atoms with Crippen molar-refractivity contribution in [2.75, 3.05) is 15.5 Å². The van der Waals surface area contributed by atoms with Gasteiger partial charge in [0.15, 0.2) is 0 Å². The van der Waals surface area contributed by atoms with E-state index in [1.54, 1.807) is 24.3 Å². The molecule has 2 fully saturated rings. The summed E-state index contributed by atoms with van der Waals surface area (Å²) in [6.07, 6.45) is 3.10. The van der Waals surface area contributed by atoms with Crippen LogP contribution in [0.5, 0.6) is 0 Å². The fourth-order valence-electron chi connectivity index (χ4n) is 7.05. The highest BCUT2D eigenvalue weighted by atomic mass is 16.2. The highest BCUT2D eigenvalue weighted by Crippen LogP contribution is 2.54. The van der Waals surface area contributed by atoms with Crippen LogP contribution < -0.4 is 20.9 Å². The van der Waals surface area contributed by atoms with E-state index in [-0.39, 0.29) is 17.7 Å². The minimum atomic E-state index is -1.38. The number of H-pyrrole nitrogens is 1. The van der Waals surface area contributed by atoms with Gasteiger partial charge in [0, 0.05) is 47.0 Å². The van der Waals surface area contributed by atoms with Crippen molar-refractivity contribution in [2.24, 2.45) is 11.8 Å². The molecule has 0 saturated carbocycles. The molecule has 4 amide bonds. The minimum Gasteiger partial charge on any atom is -0.361 e. The van der Waals surface area contributed by atoms with Crippen LogP contribution in [0, 0.1) is 11.8 Å². The largest absolute Gasteiger partial charge is 0.361 e. The summed E-state index contributed by atoms with van der Waals surface area (Å²) < 4.78 is 0. The summed E-state index contributed by atoms with van der Waals surface area (Å²) in [5, 5.41) is 10.4. The van der Waals surface area contributed by atoms with Gasteiger partial charge in [-0.3, -0.25) is 24.5 Å². The van der Waals surface area contributed by atoms with Gasteiger partial charge in [-0.25, -0.2) is 4.90 Å². The number of para-hydroxylation sites is 2. The third kappa shape index (κ3) is 3.58. The fraction of sp³-hybridized carbons (Fsp3) is 0.250. The highest BCUT2D eigenvalue weighted by Gasteiger charge is 2.70. The molecule has 0 radical (unpaired) electrons. The van der Waals surface area contributed by atoms with Gasteiger partial charge in [0.05, 0.1) is 17.5 Å². The Bertz CT molecular complexity index is 1760. The summed E-state index contributed by atoms with van der Waals surface area (Å²) in [5.41, 5.74) is 4.00. The fourth-order valence-corrected chi connectivity index (χ4v) is 7.05. The van der Waals surface area contributed by atoms with E-state index in [9.17, 15) is 19.2 Å². The molecule has 4 heterocycles. The number of aryl methyl sites for hydroxylation is 1. The van der Waals surface area contributed by atoms with Crippen molar-refractivity contribution in [3.8, 4) is 0 Å². The Balaban J connectivity index is 1.34. The number of carbonyl (C=O) groups is 4. The summed E-state index contributed by atoms with van der Waals surface area (Å²) in [5.74, 6) is -2.96. The topological polar surface area (TPSA) is 123 Å². The number of aromatic nitrogens is 1. The second kappa shape index (κ2) is 9.14. The molecule has 41 heavy (non-hydrogen) atoms. The molecule has 3 aromatic carbocycles. The maximum absolute atomic E-state index is 14.3. The number of rotatable bonds is 5. The van der Waals surface area contributed by atoms with Gasteiger partial charge in [0.2, 0.25) is 23.6 Å². The molecule has 4 atom stereocenters. The molecule has 206 valence electrons. The zero-order chi connectivity index (χ0) is 28.5. The molecule has 9 heteroatoms. The molecule has 3 aliphatic heterocycles. The van der Waals surface area contributed by atoms with E-state index in [1.165, 1.54) is 11.8 Å². The van der Waals surface area contributed by atoms with Crippen LogP contribution in [0.1, 0.15) is 30.5 Å². The summed E-state index contributed by atoms with van der Waals surface area (Å²) in [4.78, 5) is 58.5. The molecule has 9 nitrogen and oxygen atoms in total. The Hall–Kier alpha value is -4.76. The van der Waals surface area contributed by atoms with Crippen LogP contribution in [0.15, 0.2) is 72.9 Å². The van der Waals surface area contributed by atoms with Gasteiger partial charge in [0.1, 0.15) is 5.54 Å². The number of imide groups is 1. The molecule has 4 aromatic rings. The molecular weight excluding hydrogens is 518 g/mol. The Morgan fingerprint density at radius 1 is 0.951 bits per heavy atom. The Kier molecular flexibility index (Phi) is 5.62. The number of hydrogen-bond donors (Lipinski definition) is 4. The predicted octanol–water partition coefficient (Wildman–Crippen LogP) is 3.86. The normalized spacial score (nSPS) is 24.7. The monoisotopic (exact) mass is 547 g/mol. The van der Waals surface area contributed by atoms with Crippen LogP contribution in [-0.2, 0) is 37.6 Å². The minimum absolute atomic E-state index is 0.217. The van der Waals surface area contributed by atoms with Crippen molar-refractivity contribution < 1.29 is 19.2 Å². The van der Waals surface area contributed by atoms with E-state index in [4.69, 9.17) is 0 Å². The number of hydrogen-bond acceptors (Lipinski definition) is 5. The van der Waals surface area contributed by atoms with Crippen molar-refractivity contribution in [1.29, 1.82) is 0 Å². The number of aromatic amines is 1. The van der Waals surface area contributed by atoms with E-state index in [2.05, 4.69) is 20.9 Å². The molecule has 7 rings (SSSR count). The summed E-state index contributed by atoms with van der Waals surface area (Å²) in [6, 6.07) is 19.9. The lowest BCUT2D eigenvalue weighted by Gasteiger charge is -2.29. The van der Waals surface area contributed by atoms with Crippen LogP contribution in [-0.4, -0.2) is 34.7 Å². The van der Waals surface area contributed by atoms with E-state index in [0.29, 0.717) is 29.8 Å². The molecule has 4 N–H and O–H groups in total. The summed E-state index contributed by atoms with van der Waals surface area (Å²) >= 11 is 0. The SMILES string of the molecule is CCc1cccc2c1NC(=O)[C@@]21N[C@H](Cc2c[nH]c3ccccc23)[C@H]2C(=O)N(c3ccc(NC(C)=O)cc3)C(=O)[C@H]21. The van der Waals surface area contributed by atoms with Gasteiger partial charge in [-0.1, -0.05) is 43.3 Å².